The lowest BCUT2D eigenvalue weighted by molar-refractivity contribution is -0.105. The molecule has 0 fully saturated rings. The molecule has 0 aliphatic rings. The van der Waals surface area contributed by atoms with Crippen LogP contribution in [0, 0.1) is 5.82 Å². The van der Waals surface area contributed by atoms with Crippen LogP contribution in [0.5, 0.6) is 0 Å². The van der Waals surface area contributed by atoms with E-state index in [9.17, 15) is 9.18 Å². The fourth-order valence-electron chi connectivity index (χ4n) is 2.11. The normalized spacial score (nSPS) is 10.3. The lowest BCUT2D eigenvalue weighted by Crippen LogP contribution is -2.00. The fraction of sp³-hybridized carbons (Fsp3) is 0. The number of amides is 1. The number of aromatic nitrogens is 2. The highest BCUT2D eigenvalue weighted by Crippen LogP contribution is 2.25. The van der Waals surface area contributed by atoms with Crippen LogP contribution < -0.4 is 5.32 Å². The zero-order chi connectivity index (χ0) is 14.7. The van der Waals surface area contributed by atoms with Crippen molar-refractivity contribution in [2.24, 2.45) is 0 Å². The smallest absolute Gasteiger partial charge is 0.212 e. The standard InChI is InChI=1S/C16H12FN3O/c17-13-6-8-14(9-7-13)20-15(10-16(19-20)18-11-21)12-4-2-1-3-5-12/h1-11H,(H,18,19,21). The van der Waals surface area contributed by atoms with E-state index in [4.69, 9.17) is 0 Å². The van der Waals surface area contributed by atoms with Crippen LogP contribution in [0.15, 0.2) is 60.7 Å². The molecule has 0 atom stereocenters. The zero-order valence-corrected chi connectivity index (χ0v) is 11.0. The van der Waals surface area contributed by atoms with Crippen molar-refractivity contribution in [2.75, 3.05) is 5.32 Å². The van der Waals surface area contributed by atoms with Gasteiger partial charge in [-0.3, -0.25) is 4.79 Å². The van der Waals surface area contributed by atoms with Crippen LogP contribution in [0.4, 0.5) is 10.2 Å². The van der Waals surface area contributed by atoms with Crippen molar-refractivity contribution in [1.82, 2.24) is 9.78 Å². The molecule has 0 saturated heterocycles. The first-order valence-electron chi connectivity index (χ1n) is 6.39. The molecule has 1 N–H and O–H groups in total. The summed E-state index contributed by atoms with van der Waals surface area (Å²) in [4.78, 5) is 10.6. The molecule has 3 rings (SSSR count). The Morgan fingerprint density at radius 2 is 1.76 bits per heavy atom. The van der Waals surface area contributed by atoms with Gasteiger partial charge in [0.1, 0.15) is 5.82 Å². The molecule has 2 aromatic carbocycles. The number of hydrogen-bond donors (Lipinski definition) is 1. The maximum Gasteiger partial charge on any atom is 0.212 e. The highest BCUT2D eigenvalue weighted by molar-refractivity contribution is 5.73. The molecule has 4 nitrogen and oxygen atoms in total. The highest BCUT2D eigenvalue weighted by Gasteiger charge is 2.11. The van der Waals surface area contributed by atoms with E-state index < -0.39 is 0 Å². The molecule has 5 heteroatoms. The molecule has 1 amide bonds. The Hall–Kier alpha value is -2.95. The third-order valence-electron chi connectivity index (χ3n) is 3.06. The van der Waals surface area contributed by atoms with Crippen molar-refractivity contribution >= 4 is 12.2 Å². The molecule has 104 valence electrons. The Bertz CT molecular complexity index is 751. The van der Waals surface area contributed by atoms with Crippen molar-refractivity contribution in [3.8, 4) is 16.9 Å². The van der Waals surface area contributed by atoms with Gasteiger partial charge in [0.15, 0.2) is 5.82 Å². The first-order valence-corrected chi connectivity index (χ1v) is 6.39. The Balaban J connectivity index is 2.14. The van der Waals surface area contributed by atoms with Crippen molar-refractivity contribution in [1.29, 1.82) is 0 Å². The van der Waals surface area contributed by atoms with Gasteiger partial charge in [0.05, 0.1) is 11.4 Å². The van der Waals surface area contributed by atoms with Gasteiger partial charge in [0.2, 0.25) is 6.41 Å². The van der Waals surface area contributed by atoms with Gasteiger partial charge in [-0.15, -0.1) is 5.10 Å². The highest BCUT2D eigenvalue weighted by atomic mass is 19.1. The molecule has 1 heterocycles. The van der Waals surface area contributed by atoms with Gasteiger partial charge < -0.3 is 5.32 Å². The predicted octanol–water partition coefficient (Wildman–Crippen LogP) is 3.25. The summed E-state index contributed by atoms with van der Waals surface area (Å²) in [5.41, 5.74) is 2.48. The molecule has 0 saturated carbocycles. The van der Waals surface area contributed by atoms with Crippen molar-refractivity contribution in [3.63, 3.8) is 0 Å². The second kappa shape index (κ2) is 5.58. The molecule has 0 unspecified atom stereocenters. The first kappa shape index (κ1) is 13.1. The van der Waals surface area contributed by atoms with Crippen LogP contribution in [0.25, 0.3) is 16.9 Å². The molecular weight excluding hydrogens is 269 g/mol. The first-order chi connectivity index (χ1) is 10.3. The number of halogens is 1. The number of hydrogen-bond acceptors (Lipinski definition) is 2. The number of rotatable bonds is 4. The number of nitrogens with zero attached hydrogens (tertiary/aromatic N) is 2. The van der Waals surface area contributed by atoms with Gasteiger partial charge in [0.25, 0.3) is 0 Å². The molecule has 0 aliphatic heterocycles. The van der Waals surface area contributed by atoms with Gasteiger partial charge in [-0.1, -0.05) is 30.3 Å². The van der Waals surface area contributed by atoms with Crippen molar-refractivity contribution in [3.05, 3.63) is 66.5 Å². The summed E-state index contributed by atoms with van der Waals surface area (Å²) in [5, 5.41) is 6.86. The molecule has 0 bridgehead atoms. The van der Waals surface area contributed by atoms with E-state index in [1.165, 1.54) is 12.1 Å². The summed E-state index contributed by atoms with van der Waals surface area (Å²) >= 11 is 0. The Morgan fingerprint density at radius 3 is 2.43 bits per heavy atom. The van der Waals surface area contributed by atoms with E-state index in [0.29, 0.717) is 17.9 Å². The lowest BCUT2D eigenvalue weighted by atomic mass is 10.1. The van der Waals surface area contributed by atoms with Gasteiger partial charge >= 0.3 is 0 Å². The summed E-state index contributed by atoms with van der Waals surface area (Å²) in [6.07, 6.45) is 0.576. The third kappa shape index (κ3) is 2.67. The largest absolute Gasteiger partial charge is 0.312 e. The maximum atomic E-state index is 13.1. The summed E-state index contributed by atoms with van der Waals surface area (Å²) < 4.78 is 14.7. The van der Waals surface area contributed by atoms with E-state index in [1.54, 1.807) is 22.9 Å². The van der Waals surface area contributed by atoms with Crippen LogP contribution in [0.3, 0.4) is 0 Å². The third-order valence-corrected chi connectivity index (χ3v) is 3.06. The quantitative estimate of drug-likeness (QED) is 0.746. The SMILES string of the molecule is O=CNc1cc(-c2ccccc2)n(-c2ccc(F)cc2)n1. The van der Waals surface area contributed by atoms with Crippen LogP contribution in [0.2, 0.25) is 0 Å². The van der Waals surface area contributed by atoms with Crippen LogP contribution in [0.1, 0.15) is 0 Å². The molecular formula is C16H12FN3O. The van der Waals surface area contributed by atoms with Crippen LogP contribution in [-0.2, 0) is 4.79 Å². The topological polar surface area (TPSA) is 46.9 Å². The number of carbonyl (C=O) groups is 1. The minimum atomic E-state index is -0.307. The predicted molar refractivity (Wildman–Crippen MR) is 78.6 cm³/mol. The second-order valence-electron chi connectivity index (χ2n) is 4.43. The number of carbonyl (C=O) groups excluding carboxylic acids is 1. The molecule has 21 heavy (non-hydrogen) atoms. The fourth-order valence-corrected chi connectivity index (χ4v) is 2.11. The maximum absolute atomic E-state index is 13.1. The van der Waals surface area contributed by atoms with Gasteiger partial charge in [-0.2, -0.15) is 0 Å². The zero-order valence-electron chi connectivity index (χ0n) is 11.0. The van der Waals surface area contributed by atoms with Gasteiger partial charge in [-0.25, -0.2) is 9.07 Å². The molecule has 0 radical (unpaired) electrons. The van der Waals surface area contributed by atoms with E-state index in [2.05, 4.69) is 10.4 Å². The molecule has 0 spiro atoms. The van der Waals surface area contributed by atoms with Crippen molar-refractivity contribution < 1.29 is 9.18 Å². The average molecular weight is 281 g/mol. The second-order valence-corrected chi connectivity index (χ2v) is 4.43. The summed E-state index contributed by atoms with van der Waals surface area (Å²) in [5.74, 6) is 0.131. The Morgan fingerprint density at radius 1 is 1.05 bits per heavy atom. The van der Waals surface area contributed by atoms with Crippen LogP contribution >= 0.6 is 0 Å². The average Bonchev–Trinajstić information content (AvgIpc) is 2.93. The van der Waals surface area contributed by atoms with E-state index in [0.717, 1.165) is 11.3 Å². The van der Waals surface area contributed by atoms with Gasteiger partial charge in [-0.05, 0) is 24.3 Å². The van der Waals surface area contributed by atoms with Gasteiger partial charge in [0, 0.05) is 11.6 Å². The molecule has 0 aliphatic carbocycles. The monoisotopic (exact) mass is 281 g/mol. The minimum Gasteiger partial charge on any atom is -0.312 e. The van der Waals surface area contributed by atoms with E-state index in [1.807, 2.05) is 30.3 Å². The number of nitrogens with one attached hydrogen (secondary N) is 1. The summed E-state index contributed by atoms with van der Waals surface area (Å²) in [6.45, 7) is 0. The minimum absolute atomic E-state index is 0.307. The summed E-state index contributed by atoms with van der Waals surface area (Å²) in [6, 6.07) is 17.5. The number of benzene rings is 2. The van der Waals surface area contributed by atoms with Crippen LogP contribution in [-0.4, -0.2) is 16.2 Å². The summed E-state index contributed by atoms with van der Waals surface area (Å²) in [7, 11) is 0. The molecule has 3 aromatic rings. The van der Waals surface area contributed by atoms with Crippen molar-refractivity contribution in [2.45, 2.75) is 0 Å². The van der Waals surface area contributed by atoms with E-state index in [-0.39, 0.29) is 5.82 Å². The number of anilines is 1. The Labute approximate surface area is 120 Å². The Kier molecular flexibility index (Phi) is 3.47. The lowest BCUT2D eigenvalue weighted by Gasteiger charge is -2.07. The molecule has 1 aromatic heterocycles. The van der Waals surface area contributed by atoms with E-state index >= 15 is 0 Å².